The molecular weight excluding hydrogens is 452 g/mol. The number of rotatable bonds is 10. The van der Waals surface area contributed by atoms with Gasteiger partial charge in [0.15, 0.2) is 11.5 Å². The van der Waals surface area contributed by atoms with Crippen molar-refractivity contribution >= 4 is 17.3 Å². The first-order valence-electron chi connectivity index (χ1n) is 12.0. The molecule has 0 radical (unpaired) electrons. The molecule has 1 heterocycles. The topological polar surface area (TPSA) is 62.2 Å². The molecule has 0 fully saturated rings. The molecule has 4 aromatic rings. The third-order valence-electron chi connectivity index (χ3n) is 6.03. The molecule has 4 aromatic carbocycles. The lowest BCUT2D eigenvalue weighted by atomic mass is 10.1. The minimum atomic E-state index is -0.843. The maximum Gasteiger partial charge on any atom is 0.317 e. The average Bonchev–Trinajstić information content (AvgIpc) is 2.89. The minimum Gasteiger partial charge on any atom is -0.492 e. The van der Waals surface area contributed by atoms with Gasteiger partial charge in [-0.1, -0.05) is 66.7 Å². The third kappa shape index (κ3) is 5.67. The summed E-state index contributed by atoms with van der Waals surface area (Å²) in [4.78, 5) is 15.6. The number of para-hydroxylation sites is 4. The van der Waals surface area contributed by atoms with Crippen LogP contribution in [0.4, 0.5) is 11.4 Å². The Morgan fingerprint density at radius 2 is 1.39 bits per heavy atom. The van der Waals surface area contributed by atoms with Gasteiger partial charge < -0.3 is 19.5 Å². The second kappa shape index (κ2) is 11.0. The molecule has 182 valence electrons. The smallest absolute Gasteiger partial charge is 0.317 e. The molecule has 1 aliphatic heterocycles. The highest BCUT2D eigenvalue weighted by Crippen LogP contribution is 2.45. The predicted molar refractivity (Wildman–Crippen MR) is 140 cm³/mol. The molecule has 0 saturated carbocycles. The molecule has 0 saturated heterocycles. The summed E-state index contributed by atoms with van der Waals surface area (Å²) in [6.45, 7) is 2.18. The third-order valence-corrected chi connectivity index (χ3v) is 6.03. The van der Waals surface area contributed by atoms with Crippen LogP contribution in [-0.4, -0.2) is 35.7 Å². The number of benzene rings is 4. The van der Waals surface area contributed by atoms with Crippen molar-refractivity contribution in [2.24, 2.45) is 0 Å². The number of hydrogen-bond acceptors (Lipinski definition) is 5. The Labute approximate surface area is 210 Å². The maximum atomic E-state index is 11.4. The van der Waals surface area contributed by atoms with Gasteiger partial charge in [0.25, 0.3) is 0 Å². The lowest BCUT2D eigenvalue weighted by Crippen LogP contribution is -2.29. The number of fused-ring (bicyclic) bond motifs is 2. The van der Waals surface area contributed by atoms with Crippen molar-refractivity contribution in [2.75, 3.05) is 24.6 Å². The van der Waals surface area contributed by atoms with Gasteiger partial charge in [-0.25, -0.2) is 0 Å². The molecule has 0 bridgehead atoms. The summed E-state index contributed by atoms with van der Waals surface area (Å²) in [6, 6.07) is 33.8. The number of carboxylic acid groups (broad SMARTS) is 1. The zero-order valence-electron chi connectivity index (χ0n) is 19.9. The van der Waals surface area contributed by atoms with Crippen molar-refractivity contribution in [1.82, 2.24) is 4.90 Å². The Hall–Kier alpha value is -4.29. The summed E-state index contributed by atoms with van der Waals surface area (Å²) in [5.41, 5.74) is 4.11. The molecule has 0 atom stereocenters. The number of hydrogen-bond donors (Lipinski definition) is 1. The Balaban J connectivity index is 1.25. The molecule has 6 heteroatoms. The van der Waals surface area contributed by atoms with Gasteiger partial charge in [-0.05, 0) is 47.5 Å². The van der Waals surface area contributed by atoms with Crippen molar-refractivity contribution < 1.29 is 19.4 Å². The number of carboxylic acids is 1. The minimum absolute atomic E-state index is 0.0319. The van der Waals surface area contributed by atoms with Gasteiger partial charge in [-0.3, -0.25) is 9.69 Å². The van der Waals surface area contributed by atoms with E-state index in [4.69, 9.17) is 9.47 Å². The van der Waals surface area contributed by atoms with Crippen LogP contribution in [0.5, 0.6) is 17.2 Å². The van der Waals surface area contributed by atoms with Crippen LogP contribution in [0.1, 0.15) is 11.1 Å². The standard InChI is InChI=1S/C30H28N2O4/c33-30(34)22-31(20-23-9-2-1-3-10-23)21-24-11-8-12-25(19-24)35-18-17-32-26-13-4-6-15-28(26)36-29-16-7-5-14-27(29)32/h1-16,19H,17-18,20-22H2,(H,33,34). The first-order valence-corrected chi connectivity index (χ1v) is 12.0. The van der Waals surface area contributed by atoms with Crippen molar-refractivity contribution in [3.05, 3.63) is 114 Å². The highest BCUT2D eigenvalue weighted by Gasteiger charge is 2.23. The fourth-order valence-electron chi connectivity index (χ4n) is 4.47. The van der Waals surface area contributed by atoms with Gasteiger partial charge in [-0.15, -0.1) is 0 Å². The number of aliphatic carboxylic acids is 1. The van der Waals surface area contributed by atoms with E-state index >= 15 is 0 Å². The van der Waals surface area contributed by atoms with Crippen molar-refractivity contribution in [3.8, 4) is 17.2 Å². The fourth-order valence-corrected chi connectivity index (χ4v) is 4.47. The average molecular weight is 481 g/mol. The maximum absolute atomic E-state index is 11.4. The van der Waals surface area contributed by atoms with Crippen LogP contribution in [-0.2, 0) is 17.9 Å². The van der Waals surface area contributed by atoms with Crippen LogP contribution in [0.2, 0.25) is 0 Å². The van der Waals surface area contributed by atoms with E-state index in [0.717, 1.165) is 39.8 Å². The van der Waals surface area contributed by atoms with Gasteiger partial charge in [0.05, 0.1) is 24.5 Å². The van der Waals surface area contributed by atoms with E-state index in [-0.39, 0.29) is 6.54 Å². The largest absolute Gasteiger partial charge is 0.492 e. The Bertz CT molecular complexity index is 1280. The number of anilines is 2. The van der Waals surface area contributed by atoms with E-state index in [1.165, 1.54) is 0 Å². The zero-order valence-corrected chi connectivity index (χ0v) is 19.9. The normalized spacial score (nSPS) is 12.0. The molecule has 0 spiro atoms. The summed E-state index contributed by atoms with van der Waals surface area (Å²) in [6.07, 6.45) is 0. The molecule has 6 nitrogen and oxygen atoms in total. The van der Waals surface area contributed by atoms with E-state index in [2.05, 4.69) is 17.0 Å². The number of ether oxygens (including phenoxy) is 2. The quantitative estimate of drug-likeness (QED) is 0.296. The summed E-state index contributed by atoms with van der Waals surface area (Å²) in [5.74, 6) is 1.58. The van der Waals surface area contributed by atoms with E-state index in [0.29, 0.717) is 26.2 Å². The Kier molecular flexibility index (Phi) is 7.15. The second-order valence-corrected chi connectivity index (χ2v) is 8.71. The second-order valence-electron chi connectivity index (χ2n) is 8.71. The van der Waals surface area contributed by atoms with E-state index < -0.39 is 5.97 Å². The SMILES string of the molecule is O=C(O)CN(Cc1ccccc1)Cc1cccc(OCCN2c3ccccc3Oc3ccccc32)c1. The van der Waals surface area contributed by atoms with E-state index in [1.54, 1.807) is 0 Å². The highest BCUT2D eigenvalue weighted by molar-refractivity contribution is 5.77. The molecule has 36 heavy (non-hydrogen) atoms. The fraction of sp³-hybridized carbons (Fsp3) is 0.167. The molecule has 0 amide bonds. The van der Waals surface area contributed by atoms with Crippen molar-refractivity contribution in [1.29, 1.82) is 0 Å². The summed E-state index contributed by atoms with van der Waals surface area (Å²) in [5, 5.41) is 9.39. The molecule has 1 N–H and O–H groups in total. The molecular formula is C30H28N2O4. The van der Waals surface area contributed by atoms with Gasteiger partial charge in [-0.2, -0.15) is 0 Å². The highest BCUT2D eigenvalue weighted by atomic mass is 16.5. The van der Waals surface area contributed by atoms with Crippen LogP contribution in [0, 0.1) is 0 Å². The van der Waals surface area contributed by atoms with Crippen LogP contribution < -0.4 is 14.4 Å². The first kappa shape index (κ1) is 23.5. The Morgan fingerprint density at radius 1 is 0.778 bits per heavy atom. The monoisotopic (exact) mass is 480 g/mol. The number of carbonyl (C=O) groups is 1. The summed E-state index contributed by atoms with van der Waals surface area (Å²) >= 11 is 0. The van der Waals surface area contributed by atoms with E-state index in [1.807, 2.05) is 95.9 Å². The van der Waals surface area contributed by atoms with Crippen molar-refractivity contribution in [3.63, 3.8) is 0 Å². The van der Waals surface area contributed by atoms with Crippen LogP contribution in [0.25, 0.3) is 0 Å². The number of nitrogens with zero attached hydrogens (tertiary/aromatic N) is 2. The van der Waals surface area contributed by atoms with Crippen LogP contribution in [0.3, 0.4) is 0 Å². The summed E-state index contributed by atoms with van der Waals surface area (Å²) in [7, 11) is 0. The molecule has 0 aliphatic carbocycles. The van der Waals surface area contributed by atoms with Gasteiger partial charge >= 0.3 is 5.97 Å². The van der Waals surface area contributed by atoms with Crippen LogP contribution >= 0.6 is 0 Å². The van der Waals surface area contributed by atoms with Gasteiger partial charge in [0, 0.05) is 13.1 Å². The van der Waals surface area contributed by atoms with Crippen LogP contribution in [0.15, 0.2) is 103 Å². The lowest BCUT2D eigenvalue weighted by molar-refractivity contribution is -0.138. The molecule has 0 aromatic heterocycles. The predicted octanol–water partition coefficient (Wildman–Crippen LogP) is 6.10. The Morgan fingerprint density at radius 3 is 2.08 bits per heavy atom. The molecule has 0 unspecified atom stereocenters. The van der Waals surface area contributed by atoms with Crippen molar-refractivity contribution in [2.45, 2.75) is 13.1 Å². The molecule has 1 aliphatic rings. The van der Waals surface area contributed by atoms with E-state index in [9.17, 15) is 9.90 Å². The molecule has 5 rings (SSSR count). The van der Waals surface area contributed by atoms with Gasteiger partial charge in [0.2, 0.25) is 0 Å². The zero-order chi connectivity index (χ0) is 24.7. The lowest BCUT2D eigenvalue weighted by Gasteiger charge is -2.32. The summed E-state index contributed by atoms with van der Waals surface area (Å²) < 4.78 is 12.2. The first-order chi connectivity index (χ1) is 17.7. The van der Waals surface area contributed by atoms with Gasteiger partial charge in [0.1, 0.15) is 12.4 Å².